The Balaban J connectivity index is 1.38. The molecular weight excluding hydrogens is 446 g/mol. The van der Waals surface area contributed by atoms with Crippen molar-refractivity contribution in [3.05, 3.63) is 47.3 Å². The zero-order valence-electron chi connectivity index (χ0n) is 19.3. The maximum Gasteiger partial charge on any atom is 0.222 e. The topological polar surface area (TPSA) is 116 Å². The largest absolute Gasteiger partial charge is 0.491 e. The molecule has 0 radical (unpaired) electrons. The van der Waals surface area contributed by atoms with E-state index < -0.39 is 0 Å². The first kappa shape index (κ1) is 21.1. The first-order valence-corrected chi connectivity index (χ1v) is 12.3. The molecule has 4 aromatic rings. The van der Waals surface area contributed by atoms with Crippen LogP contribution in [0.4, 0.5) is 16.9 Å². The van der Waals surface area contributed by atoms with Crippen molar-refractivity contribution in [3.8, 4) is 16.9 Å². The van der Waals surface area contributed by atoms with Crippen molar-refractivity contribution in [2.75, 3.05) is 29.5 Å². The second-order valence-electron chi connectivity index (χ2n) is 9.86. The van der Waals surface area contributed by atoms with Gasteiger partial charge in [-0.05, 0) is 48.4 Å². The molecule has 9 heteroatoms. The molecule has 0 bridgehead atoms. The Morgan fingerprint density at radius 1 is 1.09 bits per heavy atom. The summed E-state index contributed by atoms with van der Waals surface area (Å²) in [6, 6.07) is 8.32. The highest BCUT2D eigenvalue weighted by Gasteiger charge is 2.31. The summed E-state index contributed by atoms with van der Waals surface area (Å²) in [6.45, 7) is 6.62. The van der Waals surface area contributed by atoms with Crippen LogP contribution < -0.4 is 21.1 Å². The summed E-state index contributed by atoms with van der Waals surface area (Å²) in [6.07, 6.45) is 4.86. The summed E-state index contributed by atoms with van der Waals surface area (Å²) in [5.74, 6) is 2.18. The quantitative estimate of drug-likeness (QED) is 0.444. The van der Waals surface area contributed by atoms with Gasteiger partial charge in [-0.3, -0.25) is 0 Å². The van der Waals surface area contributed by atoms with Crippen molar-refractivity contribution in [2.45, 2.75) is 39.7 Å². The summed E-state index contributed by atoms with van der Waals surface area (Å²) in [7, 11) is 0. The Labute approximate surface area is 202 Å². The van der Waals surface area contributed by atoms with E-state index in [-0.39, 0.29) is 5.41 Å². The van der Waals surface area contributed by atoms with Crippen LogP contribution in [-0.4, -0.2) is 33.1 Å². The van der Waals surface area contributed by atoms with Crippen LogP contribution >= 0.6 is 11.3 Å². The molecule has 1 aliphatic carbocycles. The van der Waals surface area contributed by atoms with E-state index in [1.807, 2.05) is 18.3 Å². The van der Waals surface area contributed by atoms with Crippen molar-refractivity contribution in [1.29, 1.82) is 0 Å². The number of nitrogens with two attached hydrogens (primary N) is 2. The molecule has 4 heterocycles. The number of nitrogens with zero attached hydrogens (tertiary/aromatic N) is 5. The molecule has 0 fully saturated rings. The van der Waals surface area contributed by atoms with Gasteiger partial charge in [0.2, 0.25) is 5.95 Å². The van der Waals surface area contributed by atoms with Gasteiger partial charge in [0.1, 0.15) is 28.5 Å². The highest BCUT2D eigenvalue weighted by molar-refractivity contribution is 7.21. The molecule has 174 valence electrons. The van der Waals surface area contributed by atoms with E-state index in [1.54, 1.807) is 0 Å². The summed E-state index contributed by atoms with van der Waals surface area (Å²) in [5.41, 5.74) is 18.5. The van der Waals surface area contributed by atoms with Gasteiger partial charge in [-0.1, -0.05) is 31.3 Å². The third-order valence-corrected chi connectivity index (χ3v) is 7.53. The molecule has 34 heavy (non-hydrogen) atoms. The number of rotatable bonds is 2. The molecule has 3 aromatic heterocycles. The van der Waals surface area contributed by atoms with Crippen LogP contribution in [0, 0.1) is 5.41 Å². The van der Waals surface area contributed by atoms with E-state index in [9.17, 15) is 0 Å². The minimum atomic E-state index is 0.222. The monoisotopic (exact) mass is 473 g/mol. The molecule has 0 saturated carbocycles. The maximum atomic E-state index is 6.14. The normalized spacial score (nSPS) is 17.1. The Kier molecular flexibility index (Phi) is 4.84. The van der Waals surface area contributed by atoms with Gasteiger partial charge in [0.25, 0.3) is 0 Å². The number of nitrogen functional groups attached to an aromatic ring is 2. The molecule has 0 unspecified atom stereocenters. The first-order valence-electron chi connectivity index (χ1n) is 11.5. The Morgan fingerprint density at radius 3 is 2.85 bits per heavy atom. The van der Waals surface area contributed by atoms with Crippen molar-refractivity contribution < 1.29 is 4.74 Å². The lowest BCUT2D eigenvalue weighted by Gasteiger charge is -2.34. The first-order chi connectivity index (χ1) is 16.3. The molecule has 4 N–H and O–H groups in total. The van der Waals surface area contributed by atoms with E-state index in [0.717, 1.165) is 70.1 Å². The van der Waals surface area contributed by atoms with Gasteiger partial charge < -0.3 is 21.1 Å². The van der Waals surface area contributed by atoms with E-state index in [0.29, 0.717) is 24.2 Å². The van der Waals surface area contributed by atoms with Crippen LogP contribution in [0.15, 0.2) is 30.5 Å². The van der Waals surface area contributed by atoms with Crippen LogP contribution in [0.2, 0.25) is 0 Å². The number of aromatic nitrogens is 4. The van der Waals surface area contributed by atoms with Gasteiger partial charge in [0, 0.05) is 29.4 Å². The Morgan fingerprint density at radius 2 is 1.97 bits per heavy atom. The smallest absolute Gasteiger partial charge is 0.222 e. The summed E-state index contributed by atoms with van der Waals surface area (Å²) < 4.78 is 6.12. The third kappa shape index (κ3) is 3.79. The van der Waals surface area contributed by atoms with E-state index >= 15 is 0 Å². The summed E-state index contributed by atoms with van der Waals surface area (Å²) >= 11 is 1.40. The molecule has 6 rings (SSSR count). The number of anilines is 3. The van der Waals surface area contributed by atoms with E-state index in [4.69, 9.17) is 21.2 Å². The zero-order chi connectivity index (χ0) is 23.4. The van der Waals surface area contributed by atoms with Crippen LogP contribution in [0.5, 0.6) is 5.75 Å². The lowest BCUT2D eigenvalue weighted by molar-refractivity contribution is 0.311. The number of hydrogen-bond acceptors (Lipinski definition) is 9. The number of pyridine rings is 1. The minimum absolute atomic E-state index is 0.222. The second kappa shape index (κ2) is 7.80. The van der Waals surface area contributed by atoms with Crippen molar-refractivity contribution in [1.82, 2.24) is 19.9 Å². The number of thiazole rings is 1. The third-order valence-electron chi connectivity index (χ3n) is 6.72. The van der Waals surface area contributed by atoms with Gasteiger partial charge in [-0.25, -0.2) is 15.0 Å². The Bertz CT molecular complexity index is 1410. The molecule has 0 atom stereocenters. The average molecular weight is 474 g/mol. The van der Waals surface area contributed by atoms with Crippen LogP contribution in [0.1, 0.15) is 37.1 Å². The lowest BCUT2D eigenvalue weighted by Crippen LogP contribution is -2.31. The number of ether oxygens (including phenoxy) is 1. The number of aryl methyl sites for hydroxylation is 1. The fourth-order valence-electron chi connectivity index (χ4n) is 4.96. The van der Waals surface area contributed by atoms with E-state index in [2.05, 4.69) is 45.8 Å². The predicted octanol–water partition coefficient (Wildman–Crippen LogP) is 4.23. The maximum absolute atomic E-state index is 6.14. The highest BCUT2D eigenvalue weighted by Crippen LogP contribution is 2.39. The molecule has 8 nitrogen and oxygen atoms in total. The molecular formula is C25H27N7OS. The van der Waals surface area contributed by atoms with Crippen molar-refractivity contribution >= 4 is 38.6 Å². The molecule has 1 aromatic carbocycles. The average Bonchev–Trinajstić information content (AvgIpc) is 3.04. The fourth-order valence-corrected chi connectivity index (χ4v) is 5.62. The molecule has 2 aliphatic rings. The highest BCUT2D eigenvalue weighted by atomic mass is 32.1. The fraction of sp³-hybridized carbons (Fsp3) is 0.360. The summed E-state index contributed by atoms with van der Waals surface area (Å²) in [5, 5.41) is 0.529. The van der Waals surface area contributed by atoms with Crippen LogP contribution in [-0.2, 0) is 19.4 Å². The second-order valence-corrected chi connectivity index (χ2v) is 10.9. The number of hydrogen-bond donors (Lipinski definition) is 2. The lowest BCUT2D eigenvalue weighted by atomic mass is 9.76. The number of benzene rings is 1. The van der Waals surface area contributed by atoms with E-state index in [1.165, 1.54) is 16.9 Å². The van der Waals surface area contributed by atoms with Crippen LogP contribution in [0.25, 0.3) is 21.5 Å². The van der Waals surface area contributed by atoms with Gasteiger partial charge in [-0.2, -0.15) is 4.98 Å². The van der Waals surface area contributed by atoms with Crippen molar-refractivity contribution in [3.63, 3.8) is 0 Å². The van der Waals surface area contributed by atoms with Crippen molar-refractivity contribution in [2.24, 2.45) is 5.41 Å². The van der Waals surface area contributed by atoms with Gasteiger partial charge >= 0.3 is 0 Å². The SMILES string of the molecule is CC1(C)CCc2nc(N)nc(N3CCOc4ccc(-c5cnc6sc(N)nc6c5)cc4C3)c2C1. The van der Waals surface area contributed by atoms with Gasteiger partial charge in [-0.15, -0.1) is 0 Å². The van der Waals surface area contributed by atoms with Gasteiger partial charge in [0.15, 0.2) is 5.13 Å². The molecule has 0 saturated heterocycles. The standard InChI is InChI=1S/C25H27N7OS/c1-25(2)6-5-18-17(11-25)21(31-23(26)29-18)32-7-8-33-20-4-3-14(9-16(20)13-32)15-10-19-22(28-12-15)34-24(27)30-19/h3-4,9-10,12H,5-8,11,13H2,1-2H3,(H2,27,30)(H2,26,29,31). The molecule has 0 amide bonds. The predicted molar refractivity (Wildman–Crippen MR) is 136 cm³/mol. The molecule has 0 spiro atoms. The minimum Gasteiger partial charge on any atom is -0.491 e. The van der Waals surface area contributed by atoms with Crippen LogP contribution in [0.3, 0.4) is 0 Å². The molecule has 1 aliphatic heterocycles. The zero-order valence-corrected chi connectivity index (χ0v) is 20.2. The Hall–Kier alpha value is -3.46. The number of fused-ring (bicyclic) bond motifs is 3. The van der Waals surface area contributed by atoms with Gasteiger partial charge in [0.05, 0.1) is 12.2 Å². The summed E-state index contributed by atoms with van der Waals surface area (Å²) in [4.78, 5) is 21.4.